The van der Waals surface area contributed by atoms with Crippen LogP contribution in [0.5, 0.6) is 0 Å². The average Bonchev–Trinajstić information content (AvgIpc) is 2.99. The molecule has 4 nitrogen and oxygen atoms in total. The first-order valence-corrected chi connectivity index (χ1v) is 8.20. The van der Waals surface area contributed by atoms with Crippen molar-refractivity contribution in [1.29, 1.82) is 0 Å². The fourth-order valence-corrected chi connectivity index (χ4v) is 2.91. The van der Waals surface area contributed by atoms with E-state index in [4.69, 9.17) is 11.6 Å². The molecule has 1 aliphatic rings. The van der Waals surface area contributed by atoms with Crippen LogP contribution in [0.15, 0.2) is 24.3 Å². The molecule has 22 heavy (non-hydrogen) atoms. The average molecular weight is 323 g/mol. The summed E-state index contributed by atoms with van der Waals surface area (Å²) in [6.07, 6.45) is 2.73. The number of amides is 2. The lowest BCUT2D eigenvalue weighted by Gasteiger charge is -2.25. The van der Waals surface area contributed by atoms with Gasteiger partial charge in [-0.05, 0) is 43.4 Å². The number of hydrogen-bond acceptors (Lipinski definition) is 2. The van der Waals surface area contributed by atoms with Crippen molar-refractivity contribution in [2.45, 2.75) is 39.2 Å². The Balaban J connectivity index is 2.08. The summed E-state index contributed by atoms with van der Waals surface area (Å²) in [5, 5.41) is 3.39. The molecule has 1 aliphatic heterocycles. The van der Waals surface area contributed by atoms with Crippen LogP contribution in [-0.2, 0) is 4.79 Å². The molecule has 0 unspecified atom stereocenters. The molecule has 1 heterocycles. The van der Waals surface area contributed by atoms with E-state index in [0.717, 1.165) is 25.9 Å². The van der Waals surface area contributed by atoms with Gasteiger partial charge in [0, 0.05) is 23.7 Å². The predicted octanol–water partition coefficient (Wildman–Crippen LogP) is 3.11. The Hall–Kier alpha value is -1.55. The lowest BCUT2D eigenvalue weighted by atomic mass is 10.0. The summed E-state index contributed by atoms with van der Waals surface area (Å²) in [4.78, 5) is 26.8. The molecular weight excluding hydrogens is 300 g/mol. The molecule has 1 aromatic rings. The van der Waals surface area contributed by atoms with Crippen LogP contribution in [0, 0.1) is 5.92 Å². The van der Waals surface area contributed by atoms with E-state index in [2.05, 4.69) is 19.2 Å². The lowest BCUT2D eigenvalue weighted by Crippen LogP contribution is -2.48. The molecule has 2 rings (SSSR count). The van der Waals surface area contributed by atoms with Gasteiger partial charge in [-0.3, -0.25) is 9.59 Å². The minimum atomic E-state index is -0.468. The number of likely N-dealkylation sites (tertiary alicyclic amines) is 1. The summed E-state index contributed by atoms with van der Waals surface area (Å²) >= 11 is 5.92. The lowest BCUT2D eigenvalue weighted by molar-refractivity contribution is -0.132. The number of carbonyl (C=O) groups excluding carboxylic acids is 2. The van der Waals surface area contributed by atoms with Crippen molar-refractivity contribution in [3.05, 3.63) is 34.9 Å². The summed E-state index contributed by atoms with van der Waals surface area (Å²) in [6, 6.07) is 6.30. The Morgan fingerprint density at radius 3 is 2.55 bits per heavy atom. The summed E-state index contributed by atoms with van der Waals surface area (Å²) in [5.74, 6) is 0.110. The van der Waals surface area contributed by atoms with E-state index in [1.54, 1.807) is 24.3 Å². The van der Waals surface area contributed by atoms with Gasteiger partial charge in [0.25, 0.3) is 5.91 Å². The molecule has 0 bridgehead atoms. The summed E-state index contributed by atoms with van der Waals surface area (Å²) < 4.78 is 0. The Labute approximate surface area is 136 Å². The number of rotatable bonds is 5. The van der Waals surface area contributed by atoms with Crippen molar-refractivity contribution in [2.75, 3.05) is 13.1 Å². The van der Waals surface area contributed by atoms with E-state index in [1.165, 1.54) is 0 Å². The van der Waals surface area contributed by atoms with Gasteiger partial charge in [0.05, 0.1) is 0 Å². The smallest absolute Gasteiger partial charge is 0.251 e. The van der Waals surface area contributed by atoms with Gasteiger partial charge < -0.3 is 10.2 Å². The zero-order valence-corrected chi connectivity index (χ0v) is 13.9. The third-order valence-corrected chi connectivity index (χ3v) is 4.05. The van der Waals surface area contributed by atoms with Crippen LogP contribution in [0.3, 0.4) is 0 Å². The topological polar surface area (TPSA) is 49.4 Å². The number of halogens is 1. The summed E-state index contributed by atoms with van der Waals surface area (Å²) in [5.41, 5.74) is 0.482. The molecule has 1 aromatic carbocycles. The fraction of sp³-hybridized carbons (Fsp3) is 0.529. The number of hydrogen-bond donors (Lipinski definition) is 1. The van der Waals surface area contributed by atoms with Gasteiger partial charge in [0.1, 0.15) is 6.04 Å². The Kier molecular flexibility index (Phi) is 5.83. The molecule has 120 valence electrons. The van der Waals surface area contributed by atoms with Gasteiger partial charge in [-0.1, -0.05) is 31.5 Å². The standard InChI is InChI=1S/C17H23ClN2O2/c1-12(2)10-15(17(22)20-8-3-4-9-20)19-16(21)13-6-5-7-14(18)11-13/h5-7,11-12,15H,3-4,8-10H2,1-2H3,(H,19,21)/t15-/m1/s1. The van der Waals surface area contributed by atoms with E-state index >= 15 is 0 Å². The van der Waals surface area contributed by atoms with E-state index < -0.39 is 6.04 Å². The van der Waals surface area contributed by atoms with E-state index in [1.807, 2.05) is 4.90 Å². The second-order valence-corrected chi connectivity index (χ2v) is 6.63. The summed E-state index contributed by atoms with van der Waals surface area (Å²) in [6.45, 7) is 5.69. The van der Waals surface area contributed by atoms with Crippen molar-refractivity contribution in [3.63, 3.8) is 0 Å². The van der Waals surface area contributed by atoms with Gasteiger partial charge in [0.15, 0.2) is 0 Å². The maximum atomic E-state index is 12.6. The first kappa shape index (κ1) is 16.8. The quantitative estimate of drug-likeness (QED) is 0.905. The highest BCUT2D eigenvalue weighted by molar-refractivity contribution is 6.31. The van der Waals surface area contributed by atoms with Crippen molar-refractivity contribution < 1.29 is 9.59 Å². The monoisotopic (exact) mass is 322 g/mol. The molecule has 1 atom stereocenters. The van der Waals surface area contributed by atoms with E-state index in [9.17, 15) is 9.59 Å². The molecule has 5 heteroatoms. The maximum absolute atomic E-state index is 12.6. The zero-order chi connectivity index (χ0) is 16.1. The molecule has 0 saturated carbocycles. The van der Waals surface area contributed by atoms with Gasteiger partial charge in [0.2, 0.25) is 5.91 Å². The van der Waals surface area contributed by atoms with Gasteiger partial charge in [-0.25, -0.2) is 0 Å². The van der Waals surface area contributed by atoms with E-state index in [0.29, 0.717) is 22.9 Å². The minimum absolute atomic E-state index is 0.0292. The van der Waals surface area contributed by atoms with Crippen molar-refractivity contribution in [3.8, 4) is 0 Å². The highest BCUT2D eigenvalue weighted by Crippen LogP contribution is 2.15. The first-order chi connectivity index (χ1) is 10.5. The molecule has 0 aliphatic carbocycles. The molecule has 1 fully saturated rings. The fourth-order valence-electron chi connectivity index (χ4n) is 2.72. The van der Waals surface area contributed by atoms with Crippen molar-refractivity contribution in [1.82, 2.24) is 10.2 Å². The second kappa shape index (κ2) is 7.63. The van der Waals surface area contributed by atoms with Gasteiger partial charge >= 0.3 is 0 Å². The molecule has 0 spiro atoms. The predicted molar refractivity (Wildman–Crippen MR) is 88.0 cm³/mol. The van der Waals surface area contributed by atoms with Crippen LogP contribution >= 0.6 is 11.6 Å². The highest BCUT2D eigenvalue weighted by Gasteiger charge is 2.28. The van der Waals surface area contributed by atoms with Crippen molar-refractivity contribution >= 4 is 23.4 Å². The Morgan fingerprint density at radius 2 is 1.95 bits per heavy atom. The van der Waals surface area contributed by atoms with Crippen LogP contribution < -0.4 is 5.32 Å². The van der Waals surface area contributed by atoms with Crippen LogP contribution in [0.4, 0.5) is 0 Å². The molecule has 1 N–H and O–H groups in total. The SMILES string of the molecule is CC(C)C[C@@H](NC(=O)c1cccc(Cl)c1)C(=O)N1CCCC1. The van der Waals surface area contributed by atoms with Gasteiger partial charge in [-0.15, -0.1) is 0 Å². The number of benzene rings is 1. The van der Waals surface area contributed by atoms with Crippen LogP contribution in [0.25, 0.3) is 0 Å². The third-order valence-electron chi connectivity index (χ3n) is 3.82. The molecule has 2 amide bonds. The molecule has 1 saturated heterocycles. The Morgan fingerprint density at radius 1 is 1.27 bits per heavy atom. The van der Waals surface area contributed by atoms with Crippen LogP contribution in [0.2, 0.25) is 5.02 Å². The van der Waals surface area contributed by atoms with Crippen LogP contribution in [-0.4, -0.2) is 35.8 Å². The third kappa shape index (κ3) is 4.47. The first-order valence-electron chi connectivity index (χ1n) is 7.82. The number of carbonyl (C=O) groups is 2. The summed E-state index contributed by atoms with van der Waals surface area (Å²) in [7, 11) is 0. The molecule has 0 radical (unpaired) electrons. The maximum Gasteiger partial charge on any atom is 0.251 e. The second-order valence-electron chi connectivity index (χ2n) is 6.20. The number of nitrogens with one attached hydrogen (secondary N) is 1. The molecule has 0 aromatic heterocycles. The minimum Gasteiger partial charge on any atom is -0.341 e. The highest BCUT2D eigenvalue weighted by atomic mass is 35.5. The number of nitrogens with zero attached hydrogens (tertiary/aromatic N) is 1. The molecular formula is C17H23ClN2O2. The normalized spacial score (nSPS) is 15.9. The Bertz CT molecular complexity index is 539. The largest absolute Gasteiger partial charge is 0.341 e. The van der Waals surface area contributed by atoms with Crippen molar-refractivity contribution in [2.24, 2.45) is 5.92 Å². The zero-order valence-electron chi connectivity index (χ0n) is 13.1. The van der Waals surface area contributed by atoms with Gasteiger partial charge in [-0.2, -0.15) is 0 Å². The van der Waals surface area contributed by atoms with Crippen LogP contribution in [0.1, 0.15) is 43.5 Å². The van der Waals surface area contributed by atoms with E-state index in [-0.39, 0.29) is 11.8 Å².